The maximum Gasteiger partial charge on any atom is 0.416 e. The van der Waals surface area contributed by atoms with Gasteiger partial charge >= 0.3 is 6.18 Å². The van der Waals surface area contributed by atoms with E-state index in [9.17, 15) is 18.4 Å². The van der Waals surface area contributed by atoms with E-state index in [4.69, 9.17) is 27.9 Å². The summed E-state index contributed by atoms with van der Waals surface area (Å²) in [5, 5.41) is 12.9. The van der Waals surface area contributed by atoms with Crippen LogP contribution in [0.1, 0.15) is 23.7 Å². The summed E-state index contributed by atoms with van der Waals surface area (Å²) < 4.78 is 45.1. The van der Waals surface area contributed by atoms with Crippen LogP contribution in [0.4, 0.5) is 19.0 Å². The Kier molecular flexibility index (Phi) is 7.03. The predicted molar refractivity (Wildman–Crippen MR) is 100 cm³/mol. The molecule has 5 nitrogen and oxygen atoms in total. The smallest absolute Gasteiger partial charge is 0.416 e. The number of alkyl halides is 3. The van der Waals surface area contributed by atoms with Crippen molar-refractivity contribution < 1.29 is 17.9 Å². The van der Waals surface area contributed by atoms with E-state index < -0.39 is 11.7 Å². The minimum atomic E-state index is -4.60. The number of halogens is 5. The van der Waals surface area contributed by atoms with Gasteiger partial charge in [0.15, 0.2) is 17.9 Å². The SMILES string of the molecule is CCO/C=N/c1c(CSC)c(C#N)nn1-c1c(Cl)cc(C(F)(F)F)cc1Cl. The third-order valence-electron chi connectivity index (χ3n) is 3.32. The first kappa shape index (κ1) is 21.4. The van der Waals surface area contributed by atoms with Gasteiger partial charge in [-0.3, -0.25) is 0 Å². The van der Waals surface area contributed by atoms with Gasteiger partial charge in [0.1, 0.15) is 11.8 Å². The average Bonchev–Trinajstić information content (AvgIpc) is 2.92. The Bertz CT molecular complexity index is 883. The zero-order chi connectivity index (χ0) is 20.2. The number of hydrogen-bond donors (Lipinski definition) is 0. The second kappa shape index (κ2) is 8.87. The summed E-state index contributed by atoms with van der Waals surface area (Å²) in [7, 11) is 0. The van der Waals surface area contributed by atoms with Gasteiger partial charge in [-0.2, -0.15) is 35.3 Å². The Morgan fingerprint density at radius 1 is 1.37 bits per heavy atom. The average molecular weight is 437 g/mol. The molecule has 1 aromatic carbocycles. The summed E-state index contributed by atoms with van der Waals surface area (Å²) in [6.07, 6.45) is -1.61. The molecule has 0 aliphatic carbocycles. The molecule has 2 aromatic rings. The van der Waals surface area contributed by atoms with Crippen molar-refractivity contribution in [2.75, 3.05) is 12.9 Å². The lowest BCUT2D eigenvalue weighted by Gasteiger charge is -2.13. The van der Waals surface area contributed by atoms with Gasteiger partial charge in [-0.15, -0.1) is 0 Å². The van der Waals surface area contributed by atoms with E-state index in [1.54, 1.807) is 6.92 Å². The lowest BCUT2D eigenvalue weighted by atomic mass is 10.2. The van der Waals surface area contributed by atoms with Crippen LogP contribution in [0.25, 0.3) is 5.69 Å². The van der Waals surface area contributed by atoms with Gasteiger partial charge < -0.3 is 4.74 Å². The van der Waals surface area contributed by atoms with Crippen molar-refractivity contribution in [1.29, 1.82) is 5.26 Å². The van der Waals surface area contributed by atoms with Crippen molar-refractivity contribution >= 4 is 47.2 Å². The quantitative estimate of drug-likeness (QED) is 0.434. The summed E-state index contributed by atoms with van der Waals surface area (Å²) in [6, 6.07) is 3.45. The molecule has 0 saturated carbocycles. The molecule has 0 fully saturated rings. The number of ether oxygens (including phenoxy) is 1. The summed E-state index contributed by atoms with van der Waals surface area (Å²) in [4.78, 5) is 4.16. The van der Waals surface area contributed by atoms with Crippen LogP contribution >= 0.6 is 35.0 Å². The van der Waals surface area contributed by atoms with Gasteiger partial charge in [0.05, 0.1) is 22.2 Å². The molecular weight excluding hydrogens is 424 g/mol. The standard InChI is InChI=1S/C16H13Cl2F3N4OS/c1-3-26-8-23-15-10(7-27-2)13(6-22)24-25(15)14-11(17)4-9(5-12(14)18)16(19,20)21/h4-5,8H,3,7H2,1-2H3/b23-8+. The number of nitrogens with zero attached hydrogens (tertiary/aromatic N) is 4. The van der Waals surface area contributed by atoms with Gasteiger partial charge in [0.25, 0.3) is 0 Å². The van der Waals surface area contributed by atoms with E-state index in [2.05, 4.69) is 10.1 Å². The first-order valence-electron chi connectivity index (χ1n) is 7.46. The monoisotopic (exact) mass is 436 g/mol. The normalized spacial score (nSPS) is 11.8. The summed E-state index contributed by atoms with van der Waals surface area (Å²) >= 11 is 13.6. The lowest BCUT2D eigenvalue weighted by Crippen LogP contribution is -2.07. The van der Waals surface area contributed by atoms with E-state index in [-0.39, 0.29) is 27.2 Å². The van der Waals surface area contributed by atoms with E-state index in [1.807, 2.05) is 12.3 Å². The molecule has 0 aliphatic heterocycles. The van der Waals surface area contributed by atoms with Gasteiger partial charge in [0.2, 0.25) is 0 Å². The maximum atomic E-state index is 13.0. The van der Waals surface area contributed by atoms with Gasteiger partial charge in [0, 0.05) is 11.3 Å². The van der Waals surface area contributed by atoms with Crippen molar-refractivity contribution in [2.45, 2.75) is 18.9 Å². The number of benzene rings is 1. The number of nitriles is 1. The molecule has 11 heteroatoms. The summed E-state index contributed by atoms with van der Waals surface area (Å²) in [6.45, 7) is 2.12. The Morgan fingerprint density at radius 2 is 2.00 bits per heavy atom. The molecule has 0 radical (unpaired) electrons. The highest BCUT2D eigenvalue weighted by molar-refractivity contribution is 7.97. The van der Waals surface area contributed by atoms with Crippen molar-refractivity contribution in [3.05, 3.63) is 39.0 Å². The molecule has 1 heterocycles. The molecule has 0 amide bonds. The topological polar surface area (TPSA) is 63.2 Å². The van der Waals surface area contributed by atoms with Crippen molar-refractivity contribution in [2.24, 2.45) is 4.99 Å². The number of rotatable bonds is 6. The molecule has 2 rings (SSSR count). The highest BCUT2D eigenvalue weighted by Crippen LogP contribution is 2.40. The zero-order valence-corrected chi connectivity index (χ0v) is 16.5. The number of aromatic nitrogens is 2. The van der Waals surface area contributed by atoms with Crippen LogP contribution in [0.5, 0.6) is 0 Å². The van der Waals surface area contributed by atoms with E-state index in [0.717, 1.165) is 16.8 Å². The Morgan fingerprint density at radius 3 is 2.48 bits per heavy atom. The molecule has 0 bridgehead atoms. The van der Waals surface area contributed by atoms with Gasteiger partial charge in [-0.05, 0) is 25.3 Å². The predicted octanol–water partition coefficient (Wildman–Crippen LogP) is 5.63. The first-order chi connectivity index (χ1) is 12.7. The Hall–Kier alpha value is -1.89. The third-order valence-corrected chi connectivity index (χ3v) is 4.48. The molecule has 0 aliphatic rings. The molecule has 27 heavy (non-hydrogen) atoms. The first-order valence-corrected chi connectivity index (χ1v) is 9.61. The lowest BCUT2D eigenvalue weighted by molar-refractivity contribution is -0.137. The van der Waals surface area contributed by atoms with Crippen LogP contribution in [0.3, 0.4) is 0 Å². The summed E-state index contributed by atoms with van der Waals surface area (Å²) in [5.74, 6) is 0.607. The molecule has 1 aromatic heterocycles. The van der Waals surface area contributed by atoms with Crippen LogP contribution in [0.15, 0.2) is 17.1 Å². The van der Waals surface area contributed by atoms with Gasteiger partial charge in [-0.1, -0.05) is 23.2 Å². The van der Waals surface area contributed by atoms with Crippen LogP contribution in [-0.2, 0) is 16.7 Å². The van der Waals surface area contributed by atoms with Gasteiger partial charge in [-0.25, -0.2) is 9.67 Å². The van der Waals surface area contributed by atoms with E-state index in [1.165, 1.54) is 18.2 Å². The molecule has 0 atom stereocenters. The maximum absolute atomic E-state index is 13.0. The second-order valence-corrected chi connectivity index (χ2v) is 6.76. The fourth-order valence-electron chi connectivity index (χ4n) is 2.19. The van der Waals surface area contributed by atoms with Crippen LogP contribution in [-0.4, -0.2) is 29.0 Å². The zero-order valence-electron chi connectivity index (χ0n) is 14.1. The minimum absolute atomic E-state index is 0.00108. The fraction of sp³-hybridized carbons (Fsp3) is 0.312. The van der Waals surface area contributed by atoms with Crippen molar-refractivity contribution in [3.63, 3.8) is 0 Å². The van der Waals surface area contributed by atoms with E-state index in [0.29, 0.717) is 17.9 Å². The third kappa shape index (κ3) is 4.69. The minimum Gasteiger partial charge on any atom is -0.483 e. The number of aliphatic imine (C=N–C) groups is 1. The van der Waals surface area contributed by atoms with E-state index >= 15 is 0 Å². The molecule has 0 saturated heterocycles. The largest absolute Gasteiger partial charge is 0.483 e. The van der Waals surface area contributed by atoms with Crippen molar-refractivity contribution in [3.8, 4) is 11.8 Å². The highest BCUT2D eigenvalue weighted by atomic mass is 35.5. The van der Waals surface area contributed by atoms with Crippen LogP contribution in [0, 0.1) is 11.3 Å². The summed E-state index contributed by atoms with van der Waals surface area (Å²) in [5.41, 5.74) is -0.426. The Balaban J connectivity index is 2.73. The molecule has 144 valence electrons. The van der Waals surface area contributed by atoms with Crippen LogP contribution < -0.4 is 0 Å². The number of thioether (sulfide) groups is 1. The second-order valence-electron chi connectivity index (χ2n) is 5.08. The highest BCUT2D eigenvalue weighted by Gasteiger charge is 2.33. The Labute approximate surface area is 167 Å². The molecule has 0 spiro atoms. The number of hydrogen-bond acceptors (Lipinski definition) is 5. The fourth-order valence-corrected chi connectivity index (χ4v) is 3.39. The van der Waals surface area contributed by atoms with Crippen molar-refractivity contribution in [1.82, 2.24) is 9.78 Å². The molecular formula is C16H13Cl2F3N4OS. The van der Waals surface area contributed by atoms with Crippen LogP contribution in [0.2, 0.25) is 10.0 Å². The molecule has 0 N–H and O–H groups in total. The molecule has 0 unspecified atom stereocenters.